The highest BCUT2D eigenvalue weighted by molar-refractivity contribution is 5.99. The van der Waals surface area contributed by atoms with Crippen molar-refractivity contribution < 1.29 is 0 Å². The molecule has 0 spiro atoms. The second-order valence-corrected chi connectivity index (χ2v) is 15.7. The molecule has 1 aliphatic carbocycles. The number of para-hydroxylation sites is 3. The number of benzene rings is 9. The van der Waals surface area contributed by atoms with Crippen molar-refractivity contribution in [3.8, 4) is 33.4 Å². The molecule has 0 radical (unpaired) electrons. The largest absolute Gasteiger partial charge is 0.333 e. The average molecular weight is 767 g/mol. The maximum Gasteiger partial charge on any atom is 0.0635 e. The maximum absolute atomic E-state index is 2.56. The Labute approximate surface area is 352 Å². The molecule has 2 unspecified atom stereocenters. The summed E-state index contributed by atoms with van der Waals surface area (Å²) in [6.45, 7) is 0. The van der Waals surface area contributed by atoms with E-state index in [4.69, 9.17) is 0 Å². The van der Waals surface area contributed by atoms with Crippen LogP contribution in [-0.4, -0.2) is 6.04 Å². The Hall–Kier alpha value is -7.68. The number of allylic oxidation sites excluding steroid dienone is 2. The van der Waals surface area contributed by atoms with E-state index in [1.54, 1.807) is 0 Å². The third kappa shape index (κ3) is 6.31. The summed E-state index contributed by atoms with van der Waals surface area (Å²) in [5.41, 5.74) is 17.0. The molecule has 0 fully saturated rings. The molecule has 0 bridgehead atoms. The SMILES string of the molecule is C1=CC2C(C(c3cccc(-c4ccccc4N(c4ccccc4)c4ccc(-c5ccc(-c6ccccc6)cc5)cc4)c3)=C1)c1ccccc1N2c1cccc2ccccc12. The first kappa shape index (κ1) is 35.5. The Morgan fingerprint density at radius 2 is 0.950 bits per heavy atom. The van der Waals surface area contributed by atoms with Crippen LogP contribution in [0.4, 0.5) is 28.4 Å². The zero-order chi connectivity index (χ0) is 39.8. The molecule has 1 aliphatic heterocycles. The zero-order valence-electron chi connectivity index (χ0n) is 33.1. The highest BCUT2D eigenvalue weighted by Crippen LogP contribution is 2.54. The highest BCUT2D eigenvalue weighted by Gasteiger charge is 2.41. The first-order valence-corrected chi connectivity index (χ1v) is 20.8. The lowest BCUT2D eigenvalue weighted by atomic mass is 9.80. The standard InChI is InChI=1S/C58H42N2/c1-3-16-41(17-4-1)42-32-34-43(35-33-42)44-36-38-49(39-37-44)59(48-22-5-2-6-23-48)54-28-11-9-25-51(54)46-20-13-21-47(40-46)52-27-15-31-57-58(52)53-26-10-12-29-56(53)60(57)55-30-14-19-45-18-7-8-24-50(45)55/h1-40,57-58H. The third-order valence-electron chi connectivity index (χ3n) is 12.2. The van der Waals surface area contributed by atoms with Crippen LogP contribution in [0.25, 0.3) is 49.7 Å². The van der Waals surface area contributed by atoms with Crippen molar-refractivity contribution in [3.05, 3.63) is 254 Å². The lowest BCUT2D eigenvalue weighted by Crippen LogP contribution is -2.30. The summed E-state index contributed by atoms with van der Waals surface area (Å²) in [7, 11) is 0. The van der Waals surface area contributed by atoms with Crippen molar-refractivity contribution in [1.82, 2.24) is 0 Å². The van der Waals surface area contributed by atoms with Gasteiger partial charge in [-0.2, -0.15) is 0 Å². The summed E-state index contributed by atoms with van der Waals surface area (Å²) in [5.74, 6) is 0.185. The van der Waals surface area contributed by atoms with E-state index >= 15 is 0 Å². The molecule has 0 aromatic heterocycles. The van der Waals surface area contributed by atoms with Gasteiger partial charge < -0.3 is 9.80 Å². The third-order valence-corrected chi connectivity index (χ3v) is 12.2. The fourth-order valence-electron chi connectivity index (χ4n) is 9.45. The van der Waals surface area contributed by atoms with Crippen molar-refractivity contribution in [1.29, 1.82) is 0 Å². The second kappa shape index (κ2) is 15.2. The molecular weight excluding hydrogens is 725 g/mol. The smallest absolute Gasteiger partial charge is 0.0635 e. The summed E-state index contributed by atoms with van der Waals surface area (Å²) < 4.78 is 0. The van der Waals surface area contributed by atoms with Crippen LogP contribution >= 0.6 is 0 Å². The van der Waals surface area contributed by atoms with Crippen LogP contribution in [0.2, 0.25) is 0 Å². The summed E-state index contributed by atoms with van der Waals surface area (Å²) in [5, 5.41) is 2.53. The minimum absolute atomic E-state index is 0.155. The van der Waals surface area contributed by atoms with Gasteiger partial charge in [-0.05, 0) is 98.4 Å². The molecule has 2 heteroatoms. The molecule has 284 valence electrons. The van der Waals surface area contributed by atoms with Gasteiger partial charge in [0.2, 0.25) is 0 Å². The van der Waals surface area contributed by atoms with E-state index in [0.29, 0.717) is 0 Å². The van der Waals surface area contributed by atoms with Crippen LogP contribution in [0.5, 0.6) is 0 Å². The van der Waals surface area contributed by atoms with E-state index in [1.165, 1.54) is 72.2 Å². The number of hydrogen-bond acceptors (Lipinski definition) is 2. The second-order valence-electron chi connectivity index (χ2n) is 15.7. The fraction of sp³-hybridized carbons (Fsp3) is 0.0345. The van der Waals surface area contributed by atoms with E-state index in [9.17, 15) is 0 Å². The Morgan fingerprint density at radius 3 is 1.75 bits per heavy atom. The molecule has 60 heavy (non-hydrogen) atoms. The predicted octanol–water partition coefficient (Wildman–Crippen LogP) is 15.6. The number of hydrogen-bond donors (Lipinski definition) is 0. The van der Waals surface area contributed by atoms with Gasteiger partial charge in [0.05, 0.1) is 11.7 Å². The Kier molecular flexibility index (Phi) is 9.02. The minimum Gasteiger partial charge on any atom is -0.333 e. The fourth-order valence-corrected chi connectivity index (χ4v) is 9.45. The van der Waals surface area contributed by atoms with Crippen LogP contribution in [-0.2, 0) is 0 Å². The summed E-state index contributed by atoms with van der Waals surface area (Å²) in [6, 6.07) is 81.7. The first-order valence-electron chi connectivity index (χ1n) is 20.8. The molecule has 2 atom stereocenters. The van der Waals surface area contributed by atoms with Crippen LogP contribution in [0.3, 0.4) is 0 Å². The normalized spacial score (nSPS) is 15.3. The summed E-state index contributed by atoms with van der Waals surface area (Å²) in [6.07, 6.45) is 6.99. The van der Waals surface area contributed by atoms with E-state index in [1.807, 2.05) is 0 Å². The van der Waals surface area contributed by atoms with E-state index in [2.05, 4.69) is 252 Å². The van der Waals surface area contributed by atoms with Gasteiger partial charge >= 0.3 is 0 Å². The van der Waals surface area contributed by atoms with Gasteiger partial charge in [0.25, 0.3) is 0 Å². The monoisotopic (exact) mass is 766 g/mol. The number of rotatable bonds is 8. The molecule has 0 amide bonds. The zero-order valence-corrected chi connectivity index (χ0v) is 33.1. The van der Waals surface area contributed by atoms with Gasteiger partial charge in [-0.1, -0.05) is 194 Å². The van der Waals surface area contributed by atoms with Gasteiger partial charge in [-0.15, -0.1) is 0 Å². The summed E-state index contributed by atoms with van der Waals surface area (Å²) in [4.78, 5) is 4.95. The van der Waals surface area contributed by atoms with Crippen molar-refractivity contribution in [2.75, 3.05) is 9.80 Å². The lowest BCUT2D eigenvalue weighted by molar-refractivity contribution is 0.760. The molecule has 2 nitrogen and oxygen atoms in total. The van der Waals surface area contributed by atoms with Crippen molar-refractivity contribution >= 4 is 44.8 Å². The van der Waals surface area contributed by atoms with Crippen LogP contribution in [0.1, 0.15) is 17.0 Å². The molecule has 1 heterocycles. The predicted molar refractivity (Wildman–Crippen MR) is 254 cm³/mol. The van der Waals surface area contributed by atoms with Gasteiger partial charge in [0.15, 0.2) is 0 Å². The van der Waals surface area contributed by atoms with Crippen LogP contribution in [0.15, 0.2) is 243 Å². The van der Waals surface area contributed by atoms with Crippen LogP contribution in [0, 0.1) is 0 Å². The average Bonchev–Trinajstić information content (AvgIpc) is 3.67. The van der Waals surface area contributed by atoms with Crippen LogP contribution < -0.4 is 9.80 Å². The highest BCUT2D eigenvalue weighted by atomic mass is 15.2. The van der Waals surface area contributed by atoms with Gasteiger partial charge in [0.1, 0.15) is 0 Å². The number of nitrogens with zero attached hydrogens (tertiary/aromatic N) is 2. The van der Waals surface area contributed by atoms with E-state index in [-0.39, 0.29) is 12.0 Å². The van der Waals surface area contributed by atoms with Gasteiger partial charge in [-0.3, -0.25) is 0 Å². The minimum atomic E-state index is 0.155. The summed E-state index contributed by atoms with van der Waals surface area (Å²) >= 11 is 0. The molecule has 0 N–H and O–H groups in total. The van der Waals surface area contributed by atoms with E-state index < -0.39 is 0 Å². The molecule has 9 aromatic rings. The Bertz CT molecular complexity index is 3030. The quantitative estimate of drug-likeness (QED) is 0.152. The molecule has 0 saturated heterocycles. The molecule has 0 saturated carbocycles. The molecule has 11 rings (SSSR count). The van der Waals surface area contributed by atoms with Crippen molar-refractivity contribution in [3.63, 3.8) is 0 Å². The van der Waals surface area contributed by atoms with Crippen molar-refractivity contribution in [2.45, 2.75) is 12.0 Å². The number of anilines is 5. The molecule has 2 aliphatic rings. The first-order chi connectivity index (χ1) is 29.8. The topological polar surface area (TPSA) is 6.48 Å². The Morgan fingerprint density at radius 1 is 0.400 bits per heavy atom. The van der Waals surface area contributed by atoms with Gasteiger partial charge in [-0.25, -0.2) is 0 Å². The lowest BCUT2D eigenvalue weighted by Gasteiger charge is -2.32. The molecule has 9 aromatic carbocycles. The number of fused-ring (bicyclic) bond motifs is 4. The van der Waals surface area contributed by atoms with Gasteiger partial charge in [0, 0.05) is 39.6 Å². The van der Waals surface area contributed by atoms with Crippen molar-refractivity contribution in [2.24, 2.45) is 0 Å². The van der Waals surface area contributed by atoms with E-state index in [0.717, 1.165) is 17.1 Å². The molecular formula is C58H42N2. The Balaban J connectivity index is 0.954. The maximum atomic E-state index is 2.56.